The number of aromatic nitrogens is 1. The van der Waals surface area contributed by atoms with Gasteiger partial charge in [-0.3, -0.25) is 10.0 Å². The molecule has 0 saturated heterocycles. The summed E-state index contributed by atoms with van der Waals surface area (Å²) in [5.41, 5.74) is 1.94. The van der Waals surface area contributed by atoms with Gasteiger partial charge in [-0.15, -0.1) is 11.3 Å². The third-order valence-corrected chi connectivity index (χ3v) is 2.42. The molecule has 0 aliphatic carbocycles. The molecule has 0 spiro atoms. The lowest BCUT2D eigenvalue weighted by Gasteiger charge is -1.92. The highest BCUT2D eigenvalue weighted by Crippen LogP contribution is 2.18. The molecule has 3 N–H and O–H groups in total. The van der Waals surface area contributed by atoms with E-state index in [1.54, 1.807) is 6.20 Å². The van der Waals surface area contributed by atoms with Gasteiger partial charge in [-0.1, -0.05) is 0 Å². The van der Waals surface area contributed by atoms with Gasteiger partial charge >= 0.3 is 5.97 Å². The van der Waals surface area contributed by atoms with Crippen molar-refractivity contribution in [2.75, 3.05) is 5.48 Å². The van der Waals surface area contributed by atoms with Crippen LogP contribution in [0.3, 0.4) is 0 Å². The van der Waals surface area contributed by atoms with E-state index >= 15 is 0 Å². The summed E-state index contributed by atoms with van der Waals surface area (Å²) in [5, 5.41) is 17.3. The zero-order chi connectivity index (χ0) is 9.68. The Hall–Kier alpha value is -1.14. The van der Waals surface area contributed by atoms with Crippen molar-refractivity contribution in [3.8, 4) is 0 Å². The summed E-state index contributed by atoms with van der Waals surface area (Å²) < 4.78 is 0. The molecule has 0 atom stereocenters. The lowest BCUT2D eigenvalue weighted by atomic mass is 10.2. The lowest BCUT2D eigenvalue weighted by molar-refractivity contribution is -0.137. The van der Waals surface area contributed by atoms with Gasteiger partial charge in [0.15, 0.2) is 0 Å². The third-order valence-electron chi connectivity index (χ3n) is 1.46. The molecule has 1 rings (SSSR count). The summed E-state index contributed by atoms with van der Waals surface area (Å²) in [6.45, 7) is 0. The van der Waals surface area contributed by atoms with Crippen molar-refractivity contribution in [2.24, 2.45) is 0 Å². The summed E-state index contributed by atoms with van der Waals surface area (Å²) in [6.07, 6.45) is 3.08. The van der Waals surface area contributed by atoms with Crippen LogP contribution >= 0.6 is 11.3 Å². The zero-order valence-corrected chi connectivity index (χ0v) is 7.67. The summed E-state index contributed by atoms with van der Waals surface area (Å²) in [6, 6.07) is 0. The number of hydrogen-bond acceptors (Lipinski definition) is 5. The quantitative estimate of drug-likeness (QED) is 0.628. The molecule has 5 nitrogen and oxygen atoms in total. The predicted molar refractivity (Wildman–Crippen MR) is 48.1 cm³/mol. The highest BCUT2D eigenvalue weighted by atomic mass is 32.1. The normalized spacial score (nSPS) is 9.92. The van der Waals surface area contributed by atoms with E-state index in [-0.39, 0.29) is 6.42 Å². The topological polar surface area (TPSA) is 82.5 Å². The number of nitrogens with one attached hydrogen (secondary N) is 1. The Morgan fingerprint density at radius 3 is 3.00 bits per heavy atom. The summed E-state index contributed by atoms with van der Waals surface area (Å²) in [5.74, 6) is -0.787. The van der Waals surface area contributed by atoms with Crippen molar-refractivity contribution < 1.29 is 15.1 Å². The van der Waals surface area contributed by atoms with E-state index in [4.69, 9.17) is 10.3 Å². The molecule has 1 aromatic rings. The van der Waals surface area contributed by atoms with Crippen LogP contribution in [-0.4, -0.2) is 21.3 Å². The average molecular weight is 202 g/mol. The first-order chi connectivity index (χ1) is 6.22. The molecule has 0 radical (unpaired) electrons. The second kappa shape index (κ2) is 4.78. The van der Waals surface area contributed by atoms with E-state index in [1.807, 2.05) is 5.48 Å². The largest absolute Gasteiger partial charge is 0.481 e. The smallest absolute Gasteiger partial charge is 0.303 e. The minimum absolute atomic E-state index is 0.166. The molecule has 0 saturated carbocycles. The van der Waals surface area contributed by atoms with Crippen molar-refractivity contribution in [1.29, 1.82) is 0 Å². The molecule has 0 aromatic carbocycles. The first kappa shape index (κ1) is 9.94. The molecule has 0 unspecified atom stereocenters. The Morgan fingerprint density at radius 1 is 1.69 bits per heavy atom. The van der Waals surface area contributed by atoms with Crippen molar-refractivity contribution in [2.45, 2.75) is 19.3 Å². The van der Waals surface area contributed by atoms with Crippen LogP contribution in [0.15, 0.2) is 6.20 Å². The van der Waals surface area contributed by atoms with Gasteiger partial charge in [0.2, 0.25) is 5.13 Å². The number of rotatable bonds is 5. The van der Waals surface area contributed by atoms with E-state index in [0.717, 1.165) is 4.88 Å². The predicted octanol–water partition coefficient (Wildman–Crippen LogP) is 1.35. The zero-order valence-electron chi connectivity index (χ0n) is 6.86. The molecule has 72 valence electrons. The molecular weight excluding hydrogens is 192 g/mol. The first-order valence-electron chi connectivity index (χ1n) is 3.79. The highest BCUT2D eigenvalue weighted by molar-refractivity contribution is 7.15. The molecule has 6 heteroatoms. The second-order valence-electron chi connectivity index (χ2n) is 2.49. The number of carboxylic acid groups (broad SMARTS) is 1. The van der Waals surface area contributed by atoms with Crippen LogP contribution < -0.4 is 5.48 Å². The first-order valence-corrected chi connectivity index (χ1v) is 4.60. The van der Waals surface area contributed by atoms with Gasteiger partial charge in [0, 0.05) is 17.5 Å². The molecule has 0 fully saturated rings. The van der Waals surface area contributed by atoms with Crippen molar-refractivity contribution in [3.63, 3.8) is 0 Å². The molecule has 0 bridgehead atoms. The fraction of sp³-hybridized carbons (Fsp3) is 0.429. The maximum atomic E-state index is 10.2. The number of anilines is 1. The number of carboxylic acids is 1. The van der Waals surface area contributed by atoms with Crippen molar-refractivity contribution in [1.82, 2.24) is 4.98 Å². The average Bonchev–Trinajstić information content (AvgIpc) is 2.52. The lowest BCUT2D eigenvalue weighted by Crippen LogP contribution is -1.94. The Balaban J connectivity index is 2.32. The Morgan fingerprint density at radius 2 is 2.46 bits per heavy atom. The molecule has 13 heavy (non-hydrogen) atoms. The van der Waals surface area contributed by atoms with Gasteiger partial charge in [0.1, 0.15) is 0 Å². The van der Waals surface area contributed by atoms with Crippen LogP contribution in [0.4, 0.5) is 5.13 Å². The van der Waals surface area contributed by atoms with Crippen LogP contribution in [0.25, 0.3) is 0 Å². The number of hydrogen-bond donors (Lipinski definition) is 3. The molecule has 0 amide bonds. The monoisotopic (exact) mass is 202 g/mol. The minimum Gasteiger partial charge on any atom is -0.481 e. The maximum absolute atomic E-state index is 10.2. The van der Waals surface area contributed by atoms with Crippen LogP contribution in [0.1, 0.15) is 17.7 Å². The van der Waals surface area contributed by atoms with Gasteiger partial charge < -0.3 is 5.11 Å². The number of aryl methyl sites for hydroxylation is 1. The minimum atomic E-state index is -0.787. The number of thiazole rings is 1. The van der Waals surface area contributed by atoms with Gasteiger partial charge in [0.05, 0.1) is 0 Å². The van der Waals surface area contributed by atoms with Crippen LogP contribution in [0.2, 0.25) is 0 Å². The fourth-order valence-electron chi connectivity index (χ4n) is 0.889. The van der Waals surface area contributed by atoms with Gasteiger partial charge in [-0.2, -0.15) is 0 Å². The van der Waals surface area contributed by atoms with E-state index < -0.39 is 5.97 Å². The highest BCUT2D eigenvalue weighted by Gasteiger charge is 2.02. The van der Waals surface area contributed by atoms with E-state index in [0.29, 0.717) is 18.0 Å². The van der Waals surface area contributed by atoms with Gasteiger partial charge in [-0.25, -0.2) is 10.5 Å². The molecule has 1 aromatic heterocycles. The molecule has 0 aliphatic rings. The molecule has 0 aliphatic heterocycles. The standard InChI is InChI=1S/C7H10N2O3S/c10-6(11)3-1-2-5-4-8-7(9-12)13-5/h4,12H,1-3H2,(H,8,9)(H,10,11). The molecule has 1 heterocycles. The van der Waals surface area contributed by atoms with Crippen molar-refractivity contribution in [3.05, 3.63) is 11.1 Å². The Kier molecular flexibility index (Phi) is 3.66. The van der Waals surface area contributed by atoms with E-state index in [2.05, 4.69) is 4.98 Å². The van der Waals surface area contributed by atoms with Crippen molar-refractivity contribution >= 4 is 22.4 Å². The second-order valence-corrected chi connectivity index (χ2v) is 3.61. The van der Waals surface area contributed by atoms with Gasteiger partial charge in [-0.05, 0) is 12.8 Å². The van der Waals surface area contributed by atoms with E-state index in [9.17, 15) is 4.79 Å². The Bertz CT molecular complexity index is 287. The van der Waals surface area contributed by atoms with Gasteiger partial charge in [0.25, 0.3) is 0 Å². The number of carbonyl (C=O) groups is 1. The van der Waals surface area contributed by atoms with E-state index in [1.165, 1.54) is 11.3 Å². The van der Waals surface area contributed by atoms with Crippen LogP contribution in [0.5, 0.6) is 0 Å². The molecular formula is C7H10N2O3S. The summed E-state index contributed by atoms with van der Waals surface area (Å²) in [7, 11) is 0. The maximum Gasteiger partial charge on any atom is 0.303 e. The van der Waals surface area contributed by atoms with Crippen LogP contribution in [0, 0.1) is 0 Å². The van der Waals surface area contributed by atoms with Crippen LogP contribution in [-0.2, 0) is 11.2 Å². The summed E-state index contributed by atoms with van der Waals surface area (Å²) in [4.78, 5) is 15.0. The third kappa shape index (κ3) is 3.39. The number of aliphatic carboxylic acids is 1. The number of nitrogens with zero attached hydrogens (tertiary/aromatic N) is 1. The fourth-order valence-corrected chi connectivity index (χ4v) is 1.64. The summed E-state index contributed by atoms with van der Waals surface area (Å²) >= 11 is 1.32. The Labute approximate surface area is 79.0 Å². The SMILES string of the molecule is O=C(O)CCCc1cnc(NO)s1.